The molecule has 0 unspecified atom stereocenters. The average molecular weight is 373 g/mol. The van der Waals surface area contributed by atoms with Gasteiger partial charge in [0, 0.05) is 48.7 Å². The molecular formula is C22H23N5O. The minimum atomic E-state index is 0.0240. The largest absolute Gasteiger partial charge is 0.379 e. The summed E-state index contributed by atoms with van der Waals surface area (Å²) in [5, 5.41) is 4.69. The van der Waals surface area contributed by atoms with E-state index in [1.165, 1.54) is 0 Å². The third-order valence-corrected chi connectivity index (χ3v) is 5.15. The zero-order valence-electron chi connectivity index (χ0n) is 15.9. The maximum Gasteiger partial charge on any atom is 0.234 e. The number of carbonyl (C=O) groups is 1. The van der Waals surface area contributed by atoms with E-state index in [1.807, 2.05) is 48.6 Å². The Balaban J connectivity index is 1.66. The second kappa shape index (κ2) is 7.73. The monoisotopic (exact) mass is 373 g/mol. The first-order valence-corrected chi connectivity index (χ1v) is 9.52. The second-order valence-corrected chi connectivity index (χ2v) is 7.21. The summed E-state index contributed by atoms with van der Waals surface area (Å²) in [7, 11) is 0. The van der Waals surface area contributed by atoms with Gasteiger partial charge in [-0.15, -0.1) is 6.42 Å². The fraction of sp³-hybridized carbons (Fsp3) is 0.318. The molecule has 0 aliphatic carbocycles. The lowest BCUT2D eigenvalue weighted by atomic mass is 10.0. The van der Waals surface area contributed by atoms with Crippen LogP contribution in [0.3, 0.4) is 0 Å². The second-order valence-electron chi connectivity index (χ2n) is 7.21. The lowest BCUT2D eigenvalue weighted by Crippen LogP contribution is -2.45. The summed E-state index contributed by atoms with van der Waals surface area (Å²) in [5.41, 5.74) is 4.77. The minimum absolute atomic E-state index is 0.0240. The van der Waals surface area contributed by atoms with Crippen molar-refractivity contribution >= 4 is 22.6 Å². The van der Waals surface area contributed by atoms with Gasteiger partial charge in [-0.05, 0) is 37.5 Å². The zero-order chi connectivity index (χ0) is 19.5. The topological polar surface area (TPSA) is 73.9 Å². The number of fused-ring (bicyclic) bond motifs is 1. The summed E-state index contributed by atoms with van der Waals surface area (Å²) < 4.78 is 0. The Morgan fingerprint density at radius 3 is 3.04 bits per heavy atom. The average Bonchev–Trinajstić information content (AvgIpc) is 3.19. The van der Waals surface area contributed by atoms with Crippen molar-refractivity contribution in [3.63, 3.8) is 0 Å². The quantitative estimate of drug-likeness (QED) is 0.688. The van der Waals surface area contributed by atoms with Gasteiger partial charge in [0.05, 0.1) is 17.8 Å². The summed E-state index contributed by atoms with van der Waals surface area (Å²) in [4.78, 5) is 26.4. The van der Waals surface area contributed by atoms with Gasteiger partial charge in [-0.1, -0.05) is 12.0 Å². The molecular weight excluding hydrogens is 350 g/mol. The molecule has 6 nitrogen and oxygen atoms in total. The van der Waals surface area contributed by atoms with Crippen molar-refractivity contribution in [3.8, 4) is 23.6 Å². The molecule has 1 amide bonds. The van der Waals surface area contributed by atoms with Gasteiger partial charge >= 0.3 is 0 Å². The van der Waals surface area contributed by atoms with E-state index in [-0.39, 0.29) is 18.4 Å². The first-order chi connectivity index (χ1) is 13.7. The fourth-order valence-corrected chi connectivity index (χ4v) is 3.71. The number of carbonyl (C=O) groups excluding carboxylic acids is 1. The third kappa shape index (κ3) is 3.56. The number of aromatic amines is 1. The highest BCUT2D eigenvalue weighted by molar-refractivity contribution is 5.97. The van der Waals surface area contributed by atoms with Crippen LogP contribution in [0.4, 0.5) is 5.69 Å². The Kier molecular flexibility index (Phi) is 4.98. The molecule has 1 aliphatic heterocycles. The van der Waals surface area contributed by atoms with Crippen LogP contribution in [0.2, 0.25) is 0 Å². The summed E-state index contributed by atoms with van der Waals surface area (Å²) in [6, 6.07) is 6.24. The number of terminal acetylenes is 1. The van der Waals surface area contributed by atoms with E-state index in [2.05, 4.69) is 26.2 Å². The van der Waals surface area contributed by atoms with E-state index in [1.54, 1.807) is 0 Å². The predicted molar refractivity (Wildman–Crippen MR) is 111 cm³/mol. The molecule has 1 atom stereocenters. The molecule has 0 aromatic carbocycles. The van der Waals surface area contributed by atoms with E-state index in [4.69, 9.17) is 6.42 Å². The molecule has 1 saturated heterocycles. The van der Waals surface area contributed by atoms with Crippen molar-refractivity contribution in [1.29, 1.82) is 0 Å². The van der Waals surface area contributed by atoms with Crippen LogP contribution in [0.25, 0.3) is 22.3 Å². The summed E-state index contributed by atoms with van der Waals surface area (Å²) >= 11 is 0. The van der Waals surface area contributed by atoms with Gasteiger partial charge in [0.2, 0.25) is 5.91 Å². The molecule has 4 rings (SSSR count). The van der Waals surface area contributed by atoms with E-state index in [9.17, 15) is 4.79 Å². The standard InChI is InChI=1S/C22H23N5O/c1-3-5-20(28)27-11-4-6-16(14-27)26-21-17-9-10-23-22(17)25-13-18(21)19-8-7-15(2)12-24-19/h1,7-10,12-13,16H,4-6,11,14H2,2H3,(H2,23,25,26)/t16-/m1/s1. The van der Waals surface area contributed by atoms with Crippen molar-refractivity contribution in [2.75, 3.05) is 18.4 Å². The van der Waals surface area contributed by atoms with Crippen LogP contribution in [-0.2, 0) is 4.79 Å². The van der Waals surface area contributed by atoms with E-state index in [0.29, 0.717) is 6.54 Å². The van der Waals surface area contributed by atoms with Crippen LogP contribution in [0.1, 0.15) is 24.8 Å². The predicted octanol–water partition coefficient (Wildman–Crippen LogP) is 3.36. The number of nitrogens with one attached hydrogen (secondary N) is 2. The molecule has 28 heavy (non-hydrogen) atoms. The maximum absolute atomic E-state index is 12.2. The van der Waals surface area contributed by atoms with Crippen LogP contribution in [0, 0.1) is 19.3 Å². The number of pyridine rings is 2. The Morgan fingerprint density at radius 2 is 2.25 bits per heavy atom. The van der Waals surface area contributed by atoms with Gasteiger partial charge in [-0.2, -0.15) is 0 Å². The maximum atomic E-state index is 12.2. The van der Waals surface area contributed by atoms with Crippen molar-refractivity contribution in [2.45, 2.75) is 32.2 Å². The molecule has 2 N–H and O–H groups in total. The molecule has 1 aliphatic rings. The van der Waals surface area contributed by atoms with Crippen LogP contribution in [-0.4, -0.2) is 44.9 Å². The number of anilines is 1. The normalized spacial score (nSPS) is 16.7. The fourth-order valence-electron chi connectivity index (χ4n) is 3.71. The van der Waals surface area contributed by atoms with Crippen LogP contribution < -0.4 is 5.32 Å². The summed E-state index contributed by atoms with van der Waals surface area (Å²) in [5.74, 6) is 2.48. The molecule has 6 heteroatoms. The summed E-state index contributed by atoms with van der Waals surface area (Å²) in [6.07, 6.45) is 13.0. The molecule has 3 aromatic heterocycles. The molecule has 0 spiro atoms. The first-order valence-electron chi connectivity index (χ1n) is 9.52. The highest BCUT2D eigenvalue weighted by atomic mass is 16.2. The molecule has 0 saturated carbocycles. The highest BCUT2D eigenvalue weighted by Gasteiger charge is 2.24. The zero-order valence-corrected chi connectivity index (χ0v) is 15.9. The number of hydrogen-bond acceptors (Lipinski definition) is 4. The Labute approximate surface area is 164 Å². The van der Waals surface area contributed by atoms with E-state index in [0.717, 1.165) is 52.9 Å². The van der Waals surface area contributed by atoms with Gasteiger partial charge < -0.3 is 15.2 Å². The lowest BCUT2D eigenvalue weighted by molar-refractivity contribution is -0.131. The molecule has 1 fully saturated rings. The Morgan fingerprint density at radius 1 is 1.36 bits per heavy atom. The van der Waals surface area contributed by atoms with E-state index < -0.39 is 0 Å². The number of aryl methyl sites for hydroxylation is 1. The number of hydrogen-bond donors (Lipinski definition) is 2. The van der Waals surface area contributed by atoms with Crippen LogP contribution in [0.15, 0.2) is 36.8 Å². The third-order valence-electron chi connectivity index (χ3n) is 5.15. The van der Waals surface area contributed by atoms with Crippen molar-refractivity contribution in [2.24, 2.45) is 0 Å². The summed E-state index contributed by atoms with van der Waals surface area (Å²) in [6.45, 7) is 3.43. The number of nitrogens with zero attached hydrogens (tertiary/aromatic N) is 3. The molecule has 0 bridgehead atoms. The smallest absolute Gasteiger partial charge is 0.234 e. The van der Waals surface area contributed by atoms with Crippen LogP contribution in [0.5, 0.6) is 0 Å². The van der Waals surface area contributed by atoms with E-state index >= 15 is 0 Å². The van der Waals surface area contributed by atoms with Gasteiger partial charge in [0.1, 0.15) is 5.65 Å². The number of H-pyrrole nitrogens is 1. The van der Waals surface area contributed by atoms with Gasteiger partial charge in [-0.25, -0.2) is 4.98 Å². The highest BCUT2D eigenvalue weighted by Crippen LogP contribution is 2.33. The Bertz CT molecular complexity index is 1030. The SMILES string of the molecule is C#CCC(=O)N1CCC[C@@H](Nc2c(-c3ccc(C)cn3)cnc3[nH]ccc23)C1. The molecule has 3 aromatic rings. The number of rotatable bonds is 4. The van der Waals surface area contributed by atoms with Gasteiger partial charge in [-0.3, -0.25) is 9.78 Å². The van der Waals surface area contributed by atoms with Gasteiger partial charge in [0.15, 0.2) is 0 Å². The van der Waals surface area contributed by atoms with Crippen LogP contribution >= 0.6 is 0 Å². The minimum Gasteiger partial charge on any atom is -0.379 e. The number of aromatic nitrogens is 3. The molecule has 4 heterocycles. The van der Waals surface area contributed by atoms with Crippen molar-refractivity contribution in [3.05, 3.63) is 42.4 Å². The Hall–Kier alpha value is -3.33. The first kappa shape index (κ1) is 18.1. The lowest BCUT2D eigenvalue weighted by Gasteiger charge is -2.34. The van der Waals surface area contributed by atoms with Crippen molar-refractivity contribution in [1.82, 2.24) is 19.9 Å². The van der Waals surface area contributed by atoms with Crippen molar-refractivity contribution < 1.29 is 4.79 Å². The molecule has 142 valence electrons. The number of amides is 1. The number of likely N-dealkylation sites (tertiary alicyclic amines) is 1. The molecule has 0 radical (unpaired) electrons. The van der Waals surface area contributed by atoms with Gasteiger partial charge in [0.25, 0.3) is 0 Å². The number of piperidine rings is 1.